The van der Waals surface area contributed by atoms with Crippen molar-refractivity contribution in [1.82, 2.24) is 4.90 Å². The zero-order valence-corrected chi connectivity index (χ0v) is 11.9. The van der Waals surface area contributed by atoms with Gasteiger partial charge in [0.25, 0.3) is 0 Å². The number of esters is 1. The standard InChI is InChI=1S/C15H25NO3/c1-2-19-15(18)10-9-14(17)16-11-5-7-12-6-3-4-8-13(12)16/h12-13H,2-11H2,1H3. The molecule has 2 aliphatic rings. The van der Waals surface area contributed by atoms with Crippen molar-refractivity contribution in [2.24, 2.45) is 5.92 Å². The number of hydrogen-bond donors (Lipinski definition) is 0. The highest BCUT2D eigenvalue weighted by Gasteiger charge is 2.35. The second kappa shape index (κ2) is 6.92. The third kappa shape index (κ3) is 3.71. The zero-order valence-electron chi connectivity index (χ0n) is 11.9. The van der Waals surface area contributed by atoms with Crippen molar-refractivity contribution in [3.8, 4) is 0 Å². The van der Waals surface area contributed by atoms with Crippen LogP contribution >= 0.6 is 0 Å². The third-order valence-electron chi connectivity index (χ3n) is 4.41. The molecule has 108 valence electrons. The maximum atomic E-state index is 12.3. The molecule has 19 heavy (non-hydrogen) atoms. The van der Waals surface area contributed by atoms with Crippen molar-refractivity contribution in [3.63, 3.8) is 0 Å². The van der Waals surface area contributed by atoms with Crippen LogP contribution in [0.4, 0.5) is 0 Å². The Hall–Kier alpha value is -1.06. The van der Waals surface area contributed by atoms with Crippen LogP contribution in [0.15, 0.2) is 0 Å². The lowest BCUT2D eigenvalue weighted by molar-refractivity contribution is -0.147. The summed E-state index contributed by atoms with van der Waals surface area (Å²) in [6.45, 7) is 3.06. The van der Waals surface area contributed by atoms with E-state index in [0.717, 1.165) is 19.4 Å². The highest BCUT2D eigenvalue weighted by atomic mass is 16.5. The van der Waals surface area contributed by atoms with Crippen molar-refractivity contribution in [3.05, 3.63) is 0 Å². The molecule has 1 amide bonds. The van der Waals surface area contributed by atoms with Crippen molar-refractivity contribution in [2.45, 2.75) is 64.3 Å². The Balaban J connectivity index is 1.85. The Bertz CT molecular complexity index is 327. The first-order valence-electron chi connectivity index (χ1n) is 7.67. The molecule has 2 rings (SSSR count). The van der Waals surface area contributed by atoms with E-state index in [1.807, 2.05) is 4.90 Å². The number of likely N-dealkylation sites (tertiary alicyclic amines) is 1. The summed E-state index contributed by atoms with van der Waals surface area (Å²) in [5.74, 6) is 0.590. The first-order valence-corrected chi connectivity index (χ1v) is 7.67. The van der Waals surface area contributed by atoms with Crippen LogP contribution in [0.3, 0.4) is 0 Å². The van der Waals surface area contributed by atoms with Crippen molar-refractivity contribution >= 4 is 11.9 Å². The average molecular weight is 267 g/mol. The number of fused-ring (bicyclic) bond motifs is 1. The molecule has 4 heteroatoms. The van der Waals surface area contributed by atoms with Gasteiger partial charge in [-0.1, -0.05) is 12.8 Å². The van der Waals surface area contributed by atoms with Crippen molar-refractivity contribution in [1.29, 1.82) is 0 Å². The van der Waals surface area contributed by atoms with Crippen LogP contribution in [0, 0.1) is 5.92 Å². The van der Waals surface area contributed by atoms with Gasteiger partial charge in [-0.3, -0.25) is 9.59 Å². The van der Waals surface area contributed by atoms with Gasteiger partial charge in [-0.05, 0) is 38.5 Å². The minimum atomic E-state index is -0.256. The van der Waals surface area contributed by atoms with Gasteiger partial charge in [0.2, 0.25) is 5.91 Å². The molecule has 0 N–H and O–H groups in total. The molecule has 2 unspecified atom stereocenters. The van der Waals surface area contributed by atoms with Crippen LogP contribution in [-0.2, 0) is 14.3 Å². The van der Waals surface area contributed by atoms with Crippen molar-refractivity contribution < 1.29 is 14.3 Å². The summed E-state index contributed by atoms with van der Waals surface area (Å²) in [6, 6.07) is 0.442. The van der Waals surface area contributed by atoms with Gasteiger partial charge in [-0.25, -0.2) is 0 Å². The molecule has 1 aliphatic carbocycles. The number of piperidine rings is 1. The molecule has 0 aromatic carbocycles. The molecule has 0 radical (unpaired) electrons. The monoisotopic (exact) mass is 267 g/mol. The second-order valence-corrected chi connectivity index (χ2v) is 5.65. The maximum Gasteiger partial charge on any atom is 0.306 e. The molecule has 4 nitrogen and oxygen atoms in total. The van der Waals surface area contributed by atoms with Crippen LogP contribution < -0.4 is 0 Å². The maximum absolute atomic E-state index is 12.3. The van der Waals surface area contributed by atoms with Crippen LogP contribution in [-0.4, -0.2) is 36.0 Å². The first kappa shape index (κ1) is 14.4. The molecular formula is C15H25NO3. The average Bonchev–Trinajstić information content (AvgIpc) is 2.44. The molecule has 0 spiro atoms. The van der Waals surface area contributed by atoms with E-state index in [1.165, 1.54) is 25.7 Å². The van der Waals surface area contributed by atoms with E-state index in [9.17, 15) is 9.59 Å². The van der Waals surface area contributed by atoms with Gasteiger partial charge in [0.15, 0.2) is 0 Å². The quantitative estimate of drug-likeness (QED) is 0.735. The van der Waals surface area contributed by atoms with Gasteiger partial charge >= 0.3 is 5.97 Å². The van der Waals surface area contributed by atoms with Gasteiger partial charge in [0.05, 0.1) is 13.0 Å². The summed E-state index contributed by atoms with van der Waals surface area (Å²) in [6.07, 6.45) is 7.89. The SMILES string of the molecule is CCOC(=O)CCC(=O)N1CCCC2CCCCC21. The van der Waals surface area contributed by atoms with Gasteiger partial charge in [0.1, 0.15) is 0 Å². The molecule has 2 fully saturated rings. The van der Waals surface area contributed by atoms with Crippen LogP contribution in [0.1, 0.15) is 58.3 Å². The minimum Gasteiger partial charge on any atom is -0.466 e. The molecular weight excluding hydrogens is 242 g/mol. The molecule has 0 aromatic rings. The molecule has 0 aromatic heterocycles. The number of amides is 1. The highest BCUT2D eigenvalue weighted by Crippen LogP contribution is 2.35. The van der Waals surface area contributed by atoms with E-state index >= 15 is 0 Å². The lowest BCUT2D eigenvalue weighted by Crippen LogP contribution is -2.49. The van der Waals surface area contributed by atoms with Crippen LogP contribution in [0.25, 0.3) is 0 Å². The number of ether oxygens (including phenoxy) is 1. The fraction of sp³-hybridized carbons (Fsp3) is 0.867. The number of hydrogen-bond acceptors (Lipinski definition) is 3. The van der Waals surface area contributed by atoms with Crippen molar-refractivity contribution in [2.75, 3.05) is 13.2 Å². The number of carbonyl (C=O) groups excluding carboxylic acids is 2. The zero-order chi connectivity index (χ0) is 13.7. The molecule has 1 aliphatic heterocycles. The first-order chi connectivity index (χ1) is 9.22. The summed E-state index contributed by atoms with van der Waals surface area (Å²) in [5, 5.41) is 0. The Morgan fingerprint density at radius 3 is 2.63 bits per heavy atom. The minimum absolute atomic E-state index is 0.143. The van der Waals surface area contributed by atoms with Gasteiger partial charge in [-0.15, -0.1) is 0 Å². The van der Waals surface area contributed by atoms with Gasteiger partial charge < -0.3 is 9.64 Å². The Morgan fingerprint density at radius 1 is 1.11 bits per heavy atom. The lowest BCUT2D eigenvalue weighted by Gasteiger charge is -2.44. The summed E-state index contributed by atoms with van der Waals surface area (Å²) < 4.78 is 4.88. The van der Waals surface area contributed by atoms with E-state index in [-0.39, 0.29) is 18.3 Å². The summed E-state index contributed by atoms with van der Waals surface area (Å²) >= 11 is 0. The fourth-order valence-corrected chi connectivity index (χ4v) is 3.52. The molecule has 2 atom stereocenters. The smallest absolute Gasteiger partial charge is 0.306 e. The van der Waals surface area contributed by atoms with E-state index in [2.05, 4.69) is 0 Å². The van der Waals surface area contributed by atoms with Gasteiger partial charge in [-0.2, -0.15) is 0 Å². The lowest BCUT2D eigenvalue weighted by atomic mass is 9.78. The second-order valence-electron chi connectivity index (χ2n) is 5.65. The molecule has 0 bridgehead atoms. The number of carbonyl (C=O) groups is 2. The molecule has 1 heterocycles. The fourth-order valence-electron chi connectivity index (χ4n) is 3.52. The van der Waals surface area contributed by atoms with Gasteiger partial charge in [0, 0.05) is 19.0 Å². The van der Waals surface area contributed by atoms with E-state index in [0.29, 0.717) is 25.0 Å². The summed E-state index contributed by atoms with van der Waals surface area (Å²) in [5.41, 5.74) is 0. The normalized spacial score (nSPS) is 26.7. The predicted octanol–water partition coefficient (Wildman–Crippen LogP) is 2.51. The Kier molecular flexibility index (Phi) is 5.23. The van der Waals surface area contributed by atoms with E-state index in [4.69, 9.17) is 4.74 Å². The highest BCUT2D eigenvalue weighted by molar-refractivity contribution is 5.81. The van der Waals surface area contributed by atoms with Crippen LogP contribution in [0.5, 0.6) is 0 Å². The molecule has 1 saturated heterocycles. The Morgan fingerprint density at radius 2 is 1.84 bits per heavy atom. The summed E-state index contributed by atoms with van der Waals surface area (Å²) in [4.78, 5) is 25.6. The van der Waals surface area contributed by atoms with E-state index < -0.39 is 0 Å². The summed E-state index contributed by atoms with van der Waals surface area (Å²) in [7, 11) is 0. The topological polar surface area (TPSA) is 46.6 Å². The van der Waals surface area contributed by atoms with E-state index in [1.54, 1.807) is 6.92 Å². The Labute approximate surface area is 115 Å². The predicted molar refractivity (Wildman–Crippen MR) is 72.6 cm³/mol. The number of nitrogens with zero attached hydrogens (tertiary/aromatic N) is 1. The molecule has 1 saturated carbocycles. The number of rotatable bonds is 4. The third-order valence-corrected chi connectivity index (χ3v) is 4.41. The van der Waals surface area contributed by atoms with Crippen LogP contribution in [0.2, 0.25) is 0 Å². The largest absolute Gasteiger partial charge is 0.466 e.